The summed E-state index contributed by atoms with van der Waals surface area (Å²) >= 11 is 17.0. The van der Waals surface area contributed by atoms with E-state index in [2.05, 4.69) is 5.32 Å². The van der Waals surface area contributed by atoms with Gasteiger partial charge in [-0.25, -0.2) is 0 Å². The molecule has 0 saturated heterocycles. The Labute approximate surface area is 115 Å². The fourth-order valence-corrected chi connectivity index (χ4v) is 1.82. The van der Waals surface area contributed by atoms with Gasteiger partial charge in [0, 0.05) is 28.0 Å². The van der Waals surface area contributed by atoms with E-state index >= 15 is 0 Å². The highest BCUT2D eigenvalue weighted by atomic mass is 35.5. The molecule has 0 fully saturated rings. The summed E-state index contributed by atoms with van der Waals surface area (Å²) in [7, 11) is 0. The van der Waals surface area contributed by atoms with Crippen molar-refractivity contribution >= 4 is 40.7 Å². The van der Waals surface area contributed by atoms with Gasteiger partial charge in [0.15, 0.2) is 0 Å². The predicted molar refractivity (Wildman–Crippen MR) is 70.3 cm³/mol. The lowest BCUT2D eigenvalue weighted by Crippen LogP contribution is -2.27. The maximum Gasteiger partial charge on any atom is 0.251 e. The molecule has 0 aliphatic carbocycles. The number of ether oxygens (including phenoxy) is 1. The third-order valence-electron chi connectivity index (χ3n) is 1.88. The molecule has 0 saturated carbocycles. The molecule has 0 aliphatic rings. The maximum absolute atomic E-state index is 11.7. The number of nitrogens with one attached hydrogen (secondary N) is 1. The van der Waals surface area contributed by atoms with Crippen LogP contribution in [-0.4, -0.2) is 31.5 Å². The summed E-state index contributed by atoms with van der Waals surface area (Å²) in [5.74, 6) is 0.210. The Balaban J connectivity index is 2.41. The lowest BCUT2D eigenvalue weighted by Gasteiger charge is -2.06. The summed E-state index contributed by atoms with van der Waals surface area (Å²) in [4.78, 5) is 11.7. The standard InChI is InChI=1S/C11H12Cl3NO2/c12-1-3-17-4-2-15-11(16)8-5-9(13)7-10(14)6-8/h5-7H,1-4H2,(H,15,16). The second kappa shape index (κ2) is 7.77. The Kier molecular flexibility index (Phi) is 6.66. The molecule has 6 heteroatoms. The number of hydrogen-bond acceptors (Lipinski definition) is 2. The second-order valence-electron chi connectivity index (χ2n) is 3.22. The monoisotopic (exact) mass is 295 g/mol. The van der Waals surface area contributed by atoms with Crippen LogP contribution >= 0.6 is 34.8 Å². The molecule has 94 valence electrons. The predicted octanol–water partition coefficient (Wildman–Crippen LogP) is 2.98. The van der Waals surface area contributed by atoms with Gasteiger partial charge in [-0.05, 0) is 18.2 Å². The zero-order chi connectivity index (χ0) is 12.7. The molecule has 0 radical (unpaired) electrons. The number of halogens is 3. The number of alkyl halides is 1. The minimum absolute atomic E-state index is 0.233. The summed E-state index contributed by atoms with van der Waals surface area (Å²) in [5, 5.41) is 3.55. The number of benzene rings is 1. The van der Waals surface area contributed by atoms with Gasteiger partial charge in [-0.15, -0.1) is 11.6 Å². The van der Waals surface area contributed by atoms with E-state index in [0.717, 1.165) is 0 Å². The summed E-state index contributed by atoms with van der Waals surface area (Å²) < 4.78 is 5.12. The number of hydrogen-bond donors (Lipinski definition) is 1. The van der Waals surface area contributed by atoms with Gasteiger partial charge in [0.05, 0.1) is 13.2 Å². The van der Waals surface area contributed by atoms with Crippen molar-refractivity contribution in [3.8, 4) is 0 Å². The topological polar surface area (TPSA) is 38.3 Å². The molecular formula is C11H12Cl3NO2. The minimum atomic E-state index is -0.233. The molecule has 1 aromatic rings. The van der Waals surface area contributed by atoms with Gasteiger partial charge in [0.1, 0.15) is 0 Å². The summed E-state index contributed by atoms with van der Waals surface area (Å²) in [6, 6.07) is 4.69. The fraction of sp³-hybridized carbons (Fsp3) is 0.364. The van der Waals surface area contributed by atoms with Gasteiger partial charge in [-0.3, -0.25) is 4.79 Å². The lowest BCUT2D eigenvalue weighted by molar-refractivity contribution is 0.0923. The van der Waals surface area contributed by atoms with Crippen LogP contribution in [-0.2, 0) is 4.74 Å². The molecule has 1 rings (SSSR count). The Morgan fingerprint density at radius 3 is 2.41 bits per heavy atom. The normalized spacial score (nSPS) is 10.3. The van der Waals surface area contributed by atoms with E-state index in [1.165, 1.54) is 0 Å². The first kappa shape index (κ1) is 14.6. The molecule has 0 aliphatic heterocycles. The van der Waals surface area contributed by atoms with E-state index < -0.39 is 0 Å². The number of rotatable bonds is 6. The number of amides is 1. The second-order valence-corrected chi connectivity index (χ2v) is 4.47. The van der Waals surface area contributed by atoms with Crippen molar-refractivity contribution in [3.63, 3.8) is 0 Å². The molecule has 1 aromatic carbocycles. The molecule has 0 aromatic heterocycles. The molecule has 0 bridgehead atoms. The number of carbonyl (C=O) groups is 1. The van der Waals surface area contributed by atoms with Crippen molar-refractivity contribution in [2.45, 2.75) is 0 Å². The van der Waals surface area contributed by atoms with Crippen molar-refractivity contribution in [2.75, 3.05) is 25.6 Å². The van der Waals surface area contributed by atoms with Crippen LogP contribution in [0.4, 0.5) is 0 Å². The van der Waals surface area contributed by atoms with Crippen molar-refractivity contribution in [3.05, 3.63) is 33.8 Å². The van der Waals surface area contributed by atoms with Crippen LogP contribution in [0.15, 0.2) is 18.2 Å². The Morgan fingerprint density at radius 1 is 1.18 bits per heavy atom. The molecule has 1 amide bonds. The van der Waals surface area contributed by atoms with Crippen LogP contribution in [0.1, 0.15) is 10.4 Å². The molecule has 17 heavy (non-hydrogen) atoms. The first-order valence-corrected chi connectivity index (χ1v) is 6.30. The van der Waals surface area contributed by atoms with Crippen molar-refractivity contribution in [1.82, 2.24) is 5.32 Å². The van der Waals surface area contributed by atoms with Crippen LogP contribution in [0.5, 0.6) is 0 Å². The number of carbonyl (C=O) groups excluding carboxylic acids is 1. The highest BCUT2D eigenvalue weighted by Gasteiger charge is 2.06. The zero-order valence-electron chi connectivity index (χ0n) is 9.01. The lowest BCUT2D eigenvalue weighted by atomic mass is 10.2. The summed E-state index contributed by atoms with van der Waals surface area (Å²) in [6.45, 7) is 1.31. The van der Waals surface area contributed by atoms with Crippen LogP contribution in [0.3, 0.4) is 0 Å². The molecule has 3 nitrogen and oxygen atoms in total. The first-order valence-electron chi connectivity index (χ1n) is 5.01. The van der Waals surface area contributed by atoms with Gasteiger partial charge in [-0.2, -0.15) is 0 Å². The SMILES string of the molecule is O=C(NCCOCCCl)c1cc(Cl)cc(Cl)c1. The quantitative estimate of drug-likeness (QED) is 0.647. The molecule has 1 N–H and O–H groups in total. The Morgan fingerprint density at radius 2 is 1.82 bits per heavy atom. The maximum atomic E-state index is 11.7. The van der Waals surface area contributed by atoms with E-state index in [1.54, 1.807) is 18.2 Å². The smallest absolute Gasteiger partial charge is 0.251 e. The van der Waals surface area contributed by atoms with E-state index in [-0.39, 0.29) is 5.91 Å². The Bertz CT molecular complexity index is 365. The fourth-order valence-electron chi connectivity index (χ4n) is 1.18. The van der Waals surface area contributed by atoms with Crippen LogP contribution < -0.4 is 5.32 Å². The third kappa shape index (κ3) is 5.59. The van der Waals surface area contributed by atoms with E-state index in [4.69, 9.17) is 39.5 Å². The molecule has 0 unspecified atom stereocenters. The highest BCUT2D eigenvalue weighted by Crippen LogP contribution is 2.18. The molecule has 0 atom stereocenters. The summed E-state index contributed by atoms with van der Waals surface area (Å²) in [5.41, 5.74) is 0.430. The van der Waals surface area contributed by atoms with Gasteiger partial charge < -0.3 is 10.1 Å². The largest absolute Gasteiger partial charge is 0.378 e. The van der Waals surface area contributed by atoms with Gasteiger partial charge in [0.2, 0.25) is 0 Å². The Hall–Kier alpha value is -0.480. The first-order chi connectivity index (χ1) is 8.13. The summed E-state index contributed by atoms with van der Waals surface area (Å²) in [6.07, 6.45) is 0. The van der Waals surface area contributed by atoms with E-state index in [0.29, 0.717) is 41.2 Å². The molecular weight excluding hydrogens is 284 g/mol. The van der Waals surface area contributed by atoms with Gasteiger partial charge >= 0.3 is 0 Å². The van der Waals surface area contributed by atoms with Crippen molar-refractivity contribution in [1.29, 1.82) is 0 Å². The van der Waals surface area contributed by atoms with E-state index in [1.807, 2.05) is 0 Å². The average molecular weight is 297 g/mol. The minimum Gasteiger partial charge on any atom is -0.378 e. The van der Waals surface area contributed by atoms with Crippen molar-refractivity contribution in [2.24, 2.45) is 0 Å². The van der Waals surface area contributed by atoms with Gasteiger partial charge in [-0.1, -0.05) is 23.2 Å². The molecule has 0 spiro atoms. The van der Waals surface area contributed by atoms with Gasteiger partial charge in [0.25, 0.3) is 5.91 Å². The van der Waals surface area contributed by atoms with Crippen LogP contribution in [0, 0.1) is 0 Å². The van der Waals surface area contributed by atoms with Crippen LogP contribution in [0.2, 0.25) is 10.0 Å². The van der Waals surface area contributed by atoms with Crippen LogP contribution in [0.25, 0.3) is 0 Å². The molecule has 0 heterocycles. The van der Waals surface area contributed by atoms with E-state index in [9.17, 15) is 4.79 Å². The zero-order valence-corrected chi connectivity index (χ0v) is 11.3. The third-order valence-corrected chi connectivity index (χ3v) is 2.47. The van der Waals surface area contributed by atoms with Crippen molar-refractivity contribution < 1.29 is 9.53 Å². The average Bonchev–Trinajstić information content (AvgIpc) is 2.27. The highest BCUT2D eigenvalue weighted by molar-refractivity contribution is 6.35.